The average molecular weight is 338 g/mol. The van der Waals surface area contributed by atoms with Crippen LogP contribution in [-0.4, -0.2) is 29.6 Å². The number of ether oxygens (including phenoxy) is 1. The summed E-state index contributed by atoms with van der Waals surface area (Å²) in [5.41, 5.74) is 1.84. The Kier molecular flexibility index (Phi) is 3.41. The monoisotopic (exact) mass is 338 g/mol. The number of aliphatic carboxylic acids is 1. The molecule has 2 bridgehead atoms. The van der Waals surface area contributed by atoms with Crippen LogP contribution in [0.25, 0.3) is 0 Å². The fraction of sp³-hybridized carbons (Fsp3) is 0.400. The van der Waals surface area contributed by atoms with Crippen LogP contribution in [0.5, 0.6) is 0 Å². The predicted molar refractivity (Wildman–Crippen MR) is 90.6 cm³/mol. The van der Waals surface area contributed by atoms with Crippen LogP contribution < -0.4 is 10.0 Å². The fourth-order valence-corrected chi connectivity index (χ4v) is 4.51. The number of benzene rings is 1. The van der Waals surface area contributed by atoms with Crippen molar-refractivity contribution in [1.82, 2.24) is 0 Å². The van der Waals surface area contributed by atoms with Crippen molar-refractivity contribution >= 4 is 17.6 Å². The van der Waals surface area contributed by atoms with E-state index in [2.05, 4.69) is 6.58 Å². The summed E-state index contributed by atoms with van der Waals surface area (Å²) >= 11 is 0. The summed E-state index contributed by atoms with van der Waals surface area (Å²) in [4.78, 5) is 26.6. The number of hydrogen-bond donors (Lipinski definition) is 0. The van der Waals surface area contributed by atoms with E-state index in [0.29, 0.717) is 6.42 Å². The van der Waals surface area contributed by atoms with Gasteiger partial charge in [-0.2, -0.15) is 0 Å². The van der Waals surface area contributed by atoms with Crippen LogP contribution in [0.2, 0.25) is 0 Å². The van der Waals surface area contributed by atoms with Gasteiger partial charge in [-0.05, 0) is 32.4 Å². The van der Waals surface area contributed by atoms with Crippen molar-refractivity contribution in [3.63, 3.8) is 0 Å². The lowest BCUT2D eigenvalue weighted by molar-refractivity contribution is -0.313. The van der Waals surface area contributed by atoms with Gasteiger partial charge in [0.2, 0.25) is 5.91 Å². The highest BCUT2D eigenvalue weighted by Crippen LogP contribution is 2.56. The first kappa shape index (κ1) is 16.1. The summed E-state index contributed by atoms with van der Waals surface area (Å²) in [5, 5.41) is 11.7. The van der Waals surface area contributed by atoms with E-state index in [-0.39, 0.29) is 11.9 Å². The minimum absolute atomic E-state index is 0.212. The molecule has 0 aromatic heterocycles. The number of anilines is 1. The van der Waals surface area contributed by atoms with Crippen LogP contribution >= 0.6 is 0 Å². The van der Waals surface area contributed by atoms with Gasteiger partial charge < -0.3 is 19.5 Å². The van der Waals surface area contributed by atoms with Gasteiger partial charge in [-0.1, -0.05) is 35.4 Å². The fourth-order valence-electron chi connectivity index (χ4n) is 4.51. The van der Waals surface area contributed by atoms with Crippen LogP contribution in [0.15, 0.2) is 48.6 Å². The topological polar surface area (TPSA) is 69.7 Å². The average Bonchev–Trinajstić information content (AvgIpc) is 3.18. The molecule has 3 heterocycles. The summed E-state index contributed by atoms with van der Waals surface area (Å²) in [5.74, 6) is -3.13. The van der Waals surface area contributed by atoms with Gasteiger partial charge >= 0.3 is 0 Å². The van der Waals surface area contributed by atoms with E-state index in [1.54, 1.807) is 11.0 Å². The van der Waals surface area contributed by atoms with Crippen LogP contribution in [-0.2, 0) is 14.3 Å². The first-order chi connectivity index (χ1) is 11.8. The molecule has 2 saturated heterocycles. The highest BCUT2D eigenvalue weighted by atomic mass is 16.5. The molecule has 4 rings (SSSR count). The minimum atomic E-state index is -1.23. The summed E-state index contributed by atoms with van der Waals surface area (Å²) < 4.78 is 6.08. The van der Waals surface area contributed by atoms with Gasteiger partial charge in [-0.15, -0.1) is 6.58 Å². The number of carbonyl (C=O) groups excluding carboxylic acids is 2. The smallest absolute Gasteiger partial charge is 0.234 e. The molecule has 0 saturated carbocycles. The first-order valence-electron chi connectivity index (χ1n) is 8.47. The van der Waals surface area contributed by atoms with Crippen LogP contribution in [0, 0.1) is 18.8 Å². The summed E-state index contributed by atoms with van der Waals surface area (Å²) in [6, 6.07) is 7.35. The van der Waals surface area contributed by atoms with Gasteiger partial charge in [-0.25, -0.2) is 0 Å². The Morgan fingerprint density at radius 3 is 2.64 bits per heavy atom. The molecule has 5 heteroatoms. The Balaban J connectivity index is 1.84. The van der Waals surface area contributed by atoms with Crippen molar-refractivity contribution in [2.45, 2.75) is 38.0 Å². The molecule has 1 spiro atoms. The lowest BCUT2D eigenvalue weighted by Gasteiger charge is -2.33. The molecular weight excluding hydrogens is 318 g/mol. The molecule has 0 N–H and O–H groups in total. The zero-order valence-corrected chi connectivity index (χ0v) is 14.3. The molecule has 3 aliphatic rings. The minimum Gasteiger partial charge on any atom is -0.550 e. The third-order valence-corrected chi connectivity index (χ3v) is 5.55. The highest BCUT2D eigenvalue weighted by Gasteiger charge is 2.69. The molecule has 3 aliphatic heterocycles. The molecule has 2 fully saturated rings. The number of nitrogens with zero attached hydrogens (tertiary/aromatic N) is 1. The van der Waals surface area contributed by atoms with E-state index < -0.39 is 29.5 Å². The Morgan fingerprint density at radius 1 is 1.36 bits per heavy atom. The van der Waals surface area contributed by atoms with E-state index >= 15 is 0 Å². The molecule has 25 heavy (non-hydrogen) atoms. The Morgan fingerprint density at radius 2 is 2.04 bits per heavy atom. The number of carboxylic acids is 1. The SMILES string of the molecule is C=C(C)C[C@H]1N(c2ccc(C)cc2)C(=O)[C@@H]2[C@@H](C(=O)[O-])[C@H]3C=C[C@]21O3. The lowest BCUT2D eigenvalue weighted by atomic mass is 9.74. The summed E-state index contributed by atoms with van der Waals surface area (Å²) in [6.07, 6.45) is 3.59. The number of fused-ring (bicyclic) bond motifs is 1. The molecule has 0 aliphatic carbocycles. The number of carbonyl (C=O) groups is 2. The van der Waals surface area contributed by atoms with Gasteiger partial charge in [0.25, 0.3) is 0 Å². The van der Waals surface area contributed by atoms with Crippen molar-refractivity contribution < 1.29 is 19.4 Å². The quantitative estimate of drug-likeness (QED) is 0.778. The third kappa shape index (κ3) is 2.12. The number of aryl methyl sites for hydroxylation is 1. The van der Waals surface area contributed by atoms with Crippen molar-refractivity contribution in [1.29, 1.82) is 0 Å². The van der Waals surface area contributed by atoms with Gasteiger partial charge in [0.15, 0.2) is 0 Å². The van der Waals surface area contributed by atoms with Crippen molar-refractivity contribution in [3.8, 4) is 0 Å². The zero-order chi connectivity index (χ0) is 17.9. The molecular formula is C20H20NO4-. The highest BCUT2D eigenvalue weighted by molar-refractivity contribution is 6.03. The van der Waals surface area contributed by atoms with E-state index in [0.717, 1.165) is 16.8 Å². The molecule has 0 radical (unpaired) electrons. The van der Waals surface area contributed by atoms with E-state index in [1.165, 1.54) is 0 Å². The molecule has 5 atom stereocenters. The number of hydrogen-bond acceptors (Lipinski definition) is 4. The second-order valence-electron chi connectivity index (χ2n) is 7.34. The maximum atomic E-state index is 13.3. The molecule has 1 aromatic carbocycles. The Bertz CT molecular complexity index is 796. The summed E-state index contributed by atoms with van der Waals surface area (Å²) in [7, 11) is 0. The molecule has 130 valence electrons. The third-order valence-electron chi connectivity index (χ3n) is 5.55. The van der Waals surface area contributed by atoms with E-state index in [9.17, 15) is 14.7 Å². The number of rotatable bonds is 4. The van der Waals surface area contributed by atoms with E-state index in [1.807, 2.05) is 44.2 Å². The van der Waals surface area contributed by atoms with Gasteiger partial charge in [0.1, 0.15) is 5.60 Å². The molecule has 1 amide bonds. The van der Waals surface area contributed by atoms with Crippen LogP contribution in [0.4, 0.5) is 5.69 Å². The van der Waals surface area contributed by atoms with Crippen LogP contribution in [0.1, 0.15) is 18.9 Å². The van der Waals surface area contributed by atoms with E-state index in [4.69, 9.17) is 4.74 Å². The summed E-state index contributed by atoms with van der Waals surface area (Å²) in [6.45, 7) is 7.87. The molecule has 1 aromatic rings. The van der Waals surface area contributed by atoms with Crippen molar-refractivity contribution in [2.75, 3.05) is 4.90 Å². The molecule has 0 unspecified atom stereocenters. The van der Waals surface area contributed by atoms with Crippen molar-refractivity contribution in [2.24, 2.45) is 11.8 Å². The zero-order valence-electron chi connectivity index (χ0n) is 14.3. The second kappa shape index (κ2) is 5.30. The van der Waals surface area contributed by atoms with Gasteiger partial charge in [0.05, 0.1) is 18.1 Å². The molecule has 5 nitrogen and oxygen atoms in total. The standard InChI is InChI=1S/C20H21NO4/c1-11(2)10-15-20-9-8-14(25-20)16(19(23)24)17(20)18(22)21(15)13-6-4-12(3)5-7-13/h4-9,14-17H,1,10H2,2-3H3,(H,23,24)/p-1/t14-,15-,16+,17+,20-/m1/s1. The van der Waals surface area contributed by atoms with Gasteiger partial charge in [-0.3, -0.25) is 4.79 Å². The maximum absolute atomic E-state index is 13.3. The number of carboxylic acid groups (broad SMARTS) is 1. The van der Waals surface area contributed by atoms with Crippen molar-refractivity contribution in [3.05, 3.63) is 54.1 Å². The maximum Gasteiger partial charge on any atom is 0.234 e. The normalized spacial score (nSPS) is 35.3. The first-order valence-corrected chi connectivity index (χ1v) is 8.47. The van der Waals surface area contributed by atoms with Gasteiger partial charge in [0, 0.05) is 17.6 Å². The Hall–Kier alpha value is -2.40. The van der Waals surface area contributed by atoms with Crippen LogP contribution in [0.3, 0.4) is 0 Å². The second-order valence-corrected chi connectivity index (χ2v) is 7.34. The number of amides is 1. The predicted octanol–water partition coefficient (Wildman–Crippen LogP) is 1.37. The Labute approximate surface area is 146 Å². The lowest BCUT2D eigenvalue weighted by Crippen LogP contribution is -2.46. The largest absolute Gasteiger partial charge is 0.550 e.